The smallest absolute Gasteiger partial charge is 0.129 e. The normalized spacial score (nSPS) is 9.94. The molecule has 0 atom stereocenters. The minimum absolute atomic E-state index is 0. The van der Waals surface area contributed by atoms with Gasteiger partial charge in [-0.1, -0.05) is 6.92 Å². The maximum Gasteiger partial charge on any atom is 0.129 e. The van der Waals surface area contributed by atoms with Crippen molar-refractivity contribution in [1.29, 1.82) is 0 Å². The Hall–Kier alpha value is -0.876. The van der Waals surface area contributed by atoms with Crippen LogP contribution in [-0.2, 0) is 45.6 Å². The van der Waals surface area contributed by atoms with Gasteiger partial charge in [0.25, 0.3) is 0 Å². The summed E-state index contributed by atoms with van der Waals surface area (Å²) in [6, 6.07) is 0. The summed E-state index contributed by atoms with van der Waals surface area (Å²) in [6.07, 6.45) is 3.84. The average molecular weight is 318 g/mol. The summed E-state index contributed by atoms with van der Waals surface area (Å²) in [5.41, 5.74) is 0. The first-order valence-electron chi connectivity index (χ1n) is 5.45. The van der Waals surface area contributed by atoms with Gasteiger partial charge in [-0.15, -0.1) is 0 Å². The van der Waals surface area contributed by atoms with Gasteiger partial charge in [0.05, 0.1) is 0 Å². The van der Waals surface area contributed by atoms with Crippen molar-refractivity contribution in [3.63, 3.8) is 0 Å². The van der Waals surface area contributed by atoms with E-state index in [9.17, 15) is 0 Å². The van der Waals surface area contributed by atoms with Crippen molar-refractivity contribution in [2.75, 3.05) is 0 Å². The predicted octanol–water partition coefficient (Wildman–Crippen LogP) is 0.624. The molecule has 0 fully saturated rings. The molecule has 0 saturated carbocycles. The second-order valence-electron chi connectivity index (χ2n) is 3.64. The molecule has 91 valence electrons. The molecule has 2 rings (SSSR count). The Morgan fingerprint density at radius 3 is 2.06 bits per heavy atom. The van der Waals surface area contributed by atoms with Gasteiger partial charge in [0.2, 0.25) is 0 Å². The molecule has 0 aliphatic heterocycles. The zero-order valence-electron chi connectivity index (χ0n) is 10.7. The summed E-state index contributed by atoms with van der Waals surface area (Å²) < 4.78 is 0. The van der Waals surface area contributed by atoms with E-state index in [0.717, 1.165) is 12.2 Å². The number of rotatable bonds is 3. The first-order valence-corrected chi connectivity index (χ1v) is 5.45. The molecule has 1 radical (unpaired) electrons. The van der Waals surface area contributed by atoms with Gasteiger partial charge in [-0.3, -0.25) is 0 Å². The fraction of sp³-hybridized carbons (Fsp3) is 0.455. The van der Waals surface area contributed by atoms with Gasteiger partial charge in [0, 0.05) is 57.1 Å². The molecule has 7 heteroatoms. The molecule has 2 heterocycles. The molecule has 0 saturated heterocycles. The van der Waals surface area contributed by atoms with Crippen molar-refractivity contribution in [1.82, 2.24) is 29.9 Å². The molecule has 0 amide bonds. The Bertz CT molecular complexity index is 510. The van der Waals surface area contributed by atoms with E-state index in [1.165, 1.54) is 0 Å². The van der Waals surface area contributed by atoms with Gasteiger partial charge in [-0.25, -0.2) is 15.0 Å². The predicted molar refractivity (Wildman–Crippen MR) is 60.1 cm³/mol. The standard InChI is InChI=1S/C11H13N6.Y/c1-4-9-12-6-13-10(17-9)5-11-15-7(2)14-8(3)16-11;/h4-5H2,1-3H3;/q-1;. The van der Waals surface area contributed by atoms with Crippen molar-refractivity contribution < 1.29 is 32.7 Å². The number of nitrogens with zero attached hydrogens (tertiary/aromatic N) is 6. The molecule has 0 bridgehead atoms. The Balaban J connectivity index is 0.00000162. The van der Waals surface area contributed by atoms with Gasteiger partial charge in [0.1, 0.15) is 17.5 Å². The molecule has 0 unspecified atom stereocenters. The van der Waals surface area contributed by atoms with Crippen molar-refractivity contribution in [2.45, 2.75) is 33.6 Å². The molecule has 0 spiro atoms. The number of hydrogen-bond acceptors (Lipinski definition) is 6. The summed E-state index contributed by atoms with van der Waals surface area (Å²) in [5.74, 6) is 3.47. The van der Waals surface area contributed by atoms with Crippen molar-refractivity contribution in [3.05, 3.63) is 35.4 Å². The molecular formula is C11H13N6Y-. The van der Waals surface area contributed by atoms with Crippen LogP contribution in [0.3, 0.4) is 0 Å². The first-order chi connectivity index (χ1) is 8.17. The largest absolute Gasteiger partial charge is 0.352 e. The molecule has 6 nitrogen and oxygen atoms in total. The van der Waals surface area contributed by atoms with Crippen molar-refractivity contribution in [3.8, 4) is 0 Å². The average Bonchev–Trinajstić information content (AvgIpc) is 2.28. The van der Waals surface area contributed by atoms with Crippen LogP contribution in [0.4, 0.5) is 0 Å². The van der Waals surface area contributed by atoms with Crippen LogP contribution in [0, 0.1) is 20.2 Å². The van der Waals surface area contributed by atoms with Gasteiger partial charge in [0.15, 0.2) is 0 Å². The molecule has 0 aliphatic rings. The second kappa shape index (κ2) is 6.90. The third kappa shape index (κ3) is 4.10. The minimum atomic E-state index is 0. The van der Waals surface area contributed by atoms with Crippen LogP contribution in [-0.4, -0.2) is 29.9 Å². The van der Waals surface area contributed by atoms with E-state index < -0.39 is 0 Å². The zero-order valence-corrected chi connectivity index (χ0v) is 13.5. The molecule has 2 aromatic rings. The number of aromatic nitrogens is 6. The fourth-order valence-corrected chi connectivity index (χ4v) is 1.48. The van der Waals surface area contributed by atoms with Crippen molar-refractivity contribution in [2.24, 2.45) is 0 Å². The van der Waals surface area contributed by atoms with E-state index >= 15 is 0 Å². The Morgan fingerprint density at radius 1 is 0.833 bits per heavy atom. The van der Waals surface area contributed by atoms with Crippen LogP contribution in [0.2, 0.25) is 0 Å². The van der Waals surface area contributed by atoms with E-state index in [2.05, 4.69) is 36.2 Å². The van der Waals surface area contributed by atoms with E-state index in [0.29, 0.717) is 29.7 Å². The van der Waals surface area contributed by atoms with Gasteiger partial charge >= 0.3 is 0 Å². The minimum Gasteiger partial charge on any atom is -0.352 e. The Labute approximate surface area is 131 Å². The molecule has 0 aromatic carbocycles. The second-order valence-corrected chi connectivity index (χ2v) is 3.64. The SMILES string of the molecule is CCc1n[c-]nc(Cc2nc(C)nc(C)n2)n1.[Y]. The molecule has 18 heavy (non-hydrogen) atoms. The van der Waals surface area contributed by atoms with Crippen LogP contribution in [0.1, 0.15) is 36.0 Å². The maximum atomic E-state index is 4.29. The summed E-state index contributed by atoms with van der Waals surface area (Å²) in [5, 5.41) is 0. The molecule has 0 aliphatic carbocycles. The van der Waals surface area contributed by atoms with Crippen LogP contribution < -0.4 is 0 Å². The number of aryl methyl sites for hydroxylation is 3. The third-order valence-corrected chi connectivity index (χ3v) is 2.15. The first kappa shape index (κ1) is 15.2. The summed E-state index contributed by atoms with van der Waals surface area (Å²) in [7, 11) is 0. The zero-order chi connectivity index (χ0) is 12.3. The molecule has 0 N–H and O–H groups in total. The maximum absolute atomic E-state index is 4.29. The van der Waals surface area contributed by atoms with Crippen LogP contribution in [0.15, 0.2) is 0 Å². The van der Waals surface area contributed by atoms with Crippen molar-refractivity contribution >= 4 is 0 Å². The number of hydrogen-bond donors (Lipinski definition) is 0. The van der Waals surface area contributed by atoms with E-state index in [4.69, 9.17) is 0 Å². The van der Waals surface area contributed by atoms with E-state index in [1.54, 1.807) is 0 Å². The monoisotopic (exact) mass is 318 g/mol. The summed E-state index contributed by atoms with van der Waals surface area (Å²) in [6.45, 7) is 5.68. The quantitative estimate of drug-likeness (QED) is 0.772. The molecule has 2 aromatic heterocycles. The summed E-state index contributed by atoms with van der Waals surface area (Å²) in [4.78, 5) is 24.8. The van der Waals surface area contributed by atoms with Gasteiger partial charge in [-0.05, 0) is 20.3 Å². The fourth-order valence-electron chi connectivity index (χ4n) is 1.48. The van der Waals surface area contributed by atoms with Crippen LogP contribution in [0.5, 0.6) is 0 Å². The van der Waals surface area contributed by atoms with E-state index in [-0.39, 0.29) is 32.7 Å². The van der Waals surface area contributed by atoms with Gasteiger partial charge in [-0.2, -0.15) is 0 Å². The van der Waals surface area contributed by atoms with Crippen LogP contribution >= 0.6 is 0 Å². The third-order valence-electron chi connectivity index (χ3n) is 2.15. The van der Waals surface area contributed by atoms with E-state index in [1.807, 2.05) is 20.8 Å². The molecular weight excluding hydrogens is 305 g/mol. The Kier molecular flexibility index (Phi) is 5.82. The topological polar surface area (TPSA) is 77.3 Å². The van der Waals surface area contributed by atoms with Gasteiger partial charge < -0.3 is 15.0 Å². The van der Waals surface area contributed by atoms with Crippen LogP contribution in [0.25, 0.3) is 0 Å². The summed E-state index contributed by atoms with van der Waals surface area (Å²) >= 11 is 0. The Morgan fingerprint density at radius 2 is 1.44 bits per heavy atom.